The third-order valence-electron chi connectivity index (χ3n) is 2.17. The number of hydrogen-bond acceptors (Lipinski definition) is 2. The van der Waals surface area contributed by atoms with Crippen molar-refractivity contribution < 1.29 is 4.39 Å². The molecule has 0 aliphatic heterocycles. The molecule has 2 rings (SSSR count). The molecule has 0 fully saturated rings. The largest absolute Gasteiger partial charge is 0.383 e. The number of aryl methyl sites for hydroxylation is 1. The second-order valence-electron chi connectivity index (χ2n) is 3.21. The molecule has 0 bridgehead atoms. The Labute approximate surface area is 94.9 Å². The summed E-state index contributed by atoms with van der Waals surface area (Å²) in [5, 5.41) is 0. The first kappa shape index (κ1) is 10.2. The Balaban J connectivity index is 2.63. The van der Waals surface area contributed by atoms with Gasteiger partial charge in [-0.1, -0.05) is 15.9 Å². The van der Waals surface area contributed by atoms with Gasteiger partial charge in [0.2, 0.25) is 0 Å². The zero-order valence-electron chi connectivity index (χ0n) is 8.04. The number of nitrogens with two attached hydrogens (primary N) is 1. The van der Waals surface area contributed by atoms with Crippen LogP contribution in [0.4, 0.5) is 10.2 Å². The molecule has 2 aromatic rings. The summed E-state index contributed by atoms with van der Waals surface area (Å²) in [5.74, 6) is 0.121. The molecule has 0 spiro atoms. The van der Waals surface area contributed by atoms with E-state index >= 15 is 0 Å². The Kier molecular flexibility index (Phi) is 2.48. The van der Waals surface area contributed by atoms with Crippen molar-refractivity contribution in [3.63, 3.8) is 0 Å². The zero-order chi connectivity index (χ0) is 11.0. The average Bonchev–Trinajstić information content (AvgIpc) is 2.52. The van der Waals surface area contributed by atoms with Crippen LogP contribution in [0.3, 0.4) is 0 Å². The van der Waals surface area contributed by atoms with Crippen molar-refractivity contribution in [3.8, 4) is 11.3 Å². The molecule has 1 aromatic carbocycles. The molecule has 0 atom stereocenters. The van der Waals surface area contributed by atoms with E-state index in [1.54, 1.807) is 30.1 Å². The highest BCUT2D eigenvalue weighted by atomic mass is 79.9. The maximum absolute atomic E-state index is 13.5. The highest BCUT2D eigenvalue weighted by Gasteiger charge is 2.12. The van der Waals surface area contributed by atoms with Crippen molar-refractivity contribution in [2.45, 2.75) is 0 Å². The lowest BCUT2D eigenvalue weighted by Gasteiger charge is -2.02. The van der Waals surface area contributed by atoms with E-state index in [2.05, 4.69) is 20.9 Å². The van der Waals surface area contributed by atoms with E-state index in [1.807, 2.05) is 0 Å². The van der Waals surface area contributed by atoms with Crippen molar-refractivity contribution in [2.24, 2.45) is 7.05 Å². The zero-order valence-corrected chi connectivity index (χ0v) is 9.62. The summed E-state index contributed by atoms with van der Waals surface area (Å²) in [5.41, 5.74) is 6.65. The fourth-order valence-corrected chi connectivity index (χ4v) is 1.69. The van der Waals surface area contributed by atoms with Gasteiger partial charge in [0.15, 0.2) is 0 Å². The number of imidazole rings is 1. The Morgan fingerprint density at radius 3 is 2.80 bits per heavy atom. The minimum atomic E-state index is -0.330. The van der Waals surface area contributed by atoms with Crippen LogP contribution in [0.25, 0.3) is 11.3 Å². The predicted octanol–water partition coefficient (Wildman–Crippen LogP) is 2.57. The SMILES string of the molecule is Cn1cnc(-c2cc(Br)ccc2F)c1N. The summed E-state index contributed by atoms with van der Waals surface area (Å²) in [6, 6.07) is 4.68. The second kappa shape index (κ2) is 3.66. The van der Waals surface area contributed by atoms with Gasteiger partial charge in [-0.3, -0.25) is 0 Å². The number of hydrogen-bond donors (Lipinski definition) is 1. The van der Waals surface area contributed by atoms with E-state index < -0.39 is 0 Å². The maximum Gasteiger partial charge on any atom is 0.132 e. The molecule has 0 unspecified atom stereocenters. The summed E-state index contributed by atoms with van der Waals surface area (Å²) in [4.78, 5) is 4.06. The molecular formula is C10H9BrFN3. The minimum Gasteiger partial charge on any atom is -0.383 e. The predicted molar refractivity (Wildman–Crippen MR) is 60.7 cm³/mol. The molecule has 1 aromatic heterocycles. The fraction of sp³-hybridized carbons (Fsp3) is 0.100. The monoisotopic (exact) mass is 269 g/mol. The van der Waals surface area contributed by atoms with Crippen LogP contribution in [-0.4, -0.2) is 9.55 Å². The molecule has 2 N–H and O–H groups in total. The summed E-state index contributed by atoms with van der Waals surface area (Å²) in [6.45, 7) is 0. The molecule has 0 aliphatic rings. The number of anilines is 1. The summed E-state index contributed by atoms with van der Waals surface area (Å²) in [7, 11) is 1.77. The van der Waals surface area contributed by atoms with Crippen LogP contribution in [0.15, 0.2) is 29.0 Å². The summed E-state index contributed by atoms with van der Waals surface area (Å²) in [6.07, 6.45) is 1.56. The summed E-state index contributed by atoms with van der Waals surface area (Å²) >= 11 is 3.28. The number of halogens is 2. The maximum atomic E-state index is 13.5. The molecule has 0 amide bonds. The van der Waals surface area contributed by atoms with E-state index in [9.17, 15) is 4.39 Å². The Morgan fingerprint density at radius 2 is 2.20 bits per heavy atom. The number of aromatic nitrogens is 2. The highest BCUT2D eigenvalue weighted by Crippen LogP contribution is 2.28. The standard InChI is InChI=1S/C10H9BrFN3/c1-15-5-14-9(10(15)13)7-4-6(11)2-3-8(7)12/h2-5H,13H2,1H3. The third kappa shape index (κ3) is 1.74. The summed E-state index contributed by atoms with van der Waals surface area (Å²) < 4.78 is 16.0. The molecule has 0 saturated carbocycles. The van der Waals surface area contributed by atoms with Gasteiger partial charge < -0.3 is 10.3 Å². The van der Waals surface area contributed by atoms with E-state index in [4.69, 9.17) is 5.73 Å². The number of benzene rings is 1. The van der Waals surface area contributed by atoms with Crippen LogP contribution in [0.2, 0.25) is 0 Å². The fourth-order valence-electron chi connectivity index (χ4n) is 1.33. The topological polar surface area (TPSA) is 43.8 Å². The van der Waals surface area contributed by atoms with Gasteiger partial charge in [0, 0.05) is 17.1 Å². The lowest BCUT2D eigenvalue weighted by molar-refractivity contribution is 0.630. The van der Waals surface area contributed by atoms with Crippen molar-refractivity contribution in [3.05, 3.63) is 34.8 Å². The van der Waals surface area contributed by atoms with Gasteiger partial charge in [-0.05, 0) is 18.2 Å². The molecule has 5 heteroatoms. The van der Waals surface area contributed by atoms with Gasteiger partial charge in [0.1, 0.15) is 17.3 Å². The third-order valence-corrected chi connectivity index (χ3v) is 2.66. The molecule has 78 valence electrons. The molecule has 0 radical (unpaired) electrons. The van der Waals surface area contributed by atoms with Crippen molar-refractivity contribution in [2.75, 3.05) is 5.73 Å². The van der Waals surface area contributed by atoms with E-state index in [1.165, 1.54) is 6.07 Å². The Hall–Kier alpha value is -1.36. The average molecular weight is 270 g/mol. The van der Waals surface area contributed by atoms with Crippen LogP contribution >= 0.6 is 15.9 Å². The molecule has 0 aliphatic carbocycles. The second-order valence-corrected chi connectivity index (χ2v) is 4.13. The Morgan fingerprint density at radius 1 is 1.47 bits per heavy atom. The smallest absolute Gasteiger partial charge is 0.132 e. The van der Waals surface area contributed by atoms with Crippen molar-refractivity contribution >= 4 is 21.7 Å². The normalized spacial score (nSPS) is 10.6. The van der Waals surface area contributed by atoms with Crippen LogP contribution < -0.4 is 5.73 Å². The van der Waals surface area contributed by atoms with Gasteiger partial charge in [0.05, 0.1) is 6.33 Å². The molecule has 1 heterocycles. The van der Waals surface area contributed by atoms with Crippen LogP contribution in [-0.2, 0) is 7.05 Å². The Bertz CT molecular complexity index is 507. The van der Waals surface area contributed by atoms with E-state index in [0.717, 1.165) is 4.47 Å². The van der Waals surface area contributed by atoms with Gasteiger partial charge in [-0.25, -0.2) is 9.37 Å². The quantitative estimate of drug-likeness (QED) is 0.865. The molecule has 3 nitrogen and oxygen atoms in total. The number of rotatable bonds is 1. The van der Waals surface area contributed by atoms with Gasteiger partial charge in [-0.2, -0.15) is 0 Å². The minimum absolute atomic E-state index is 0.330. The van der Waals surface area contributed by atoms with Crippen molar-refractivity contribution in [1.29, 1.82) is 0 Å². The van der Waals surface area contributed by atoms with E-state index in [0.29, 0.717) is 17.1 Å². The lowest BCUT2D eigenvalue weighted by Crippen LogP contribution is -1.96. The van der Waals surface area contributed by atoms with Gasteiger partial charge in [-0.15, -0.1) is 0 Å². The molecule has 0 saturated heterocycles. The number of nitrogen functional groups attached to an aromatic ring is 1. The molecular weight excluding hydrogens is 261 g/mol. The van der Waals surface area contributed by atoms with Crippen molar-refractivity contribution in [1.82, 2.24) is 9.55 Å². The first-order chi connectivity index (χ1) is 7.09. The van der Waals surface area contributed by atoms with E-state index in [-0.39, 0.29) is 5.82 Å². The van der Waals surface area contributed by atoms with Crippen LogP contribution in [0, 0.1) is 5.82 Å². The molecule has 15 heavy (non-hydrogen) atoms. The number of nitrogens with zero attached hydrogens (tertiary/aromatic N) is 2. The lowest BCUT2D eigenvalue weighted by atomic mass is 10.1. The highest BCUT2D eigenvalue weighted by molar-refractivity contribution is 9.10. The van der Waals surface area contributed by atoms with Gasteiger partial charge in [0.25, 0.3) is 0 Å². The van der Waals surface area contributed by atoms with Crippen LogP contribution in [0.5, 0.6) is 0 Å². The van der Waals surface area contributed by atoms with Gasteiger partial charge >= 0.3 is 0 Å². The first-order valence-electron chi connectivity index (χ1n) is 4.32. The first-order valence-corrected chi connectivity index (χ1v) is 5.11. The van der Waals surface area contributed by atoms with Crippen LogP contribution in [0.1, 0.15) is 0 Å².